The van der Waals surface area contributed by atoms with E-state index in [1.807, 2.05) is 4.98 Å². The molecule has 130 valence electrons. The van der Waals surface area contributed by atoms with Crippen molar-refractivity contribution in [3.05, 3.63) is 33.1 Å². The van der Waals surface area contributed by atoms with E-state index in [2.05, 4.69) is 4.52 Å². The maximum atomic E-state index is 14.3. The van der Waals surface area contributed by atoms with Crippen molar-refractivity contribution in [3.63, 3.8) is 0 Å². The summed E-state index contributed by atoms with van der Waals surface area (Å²) < 4.78 is 40.9. The lowest BCUT2D eigenvalue weighted by atomic mass is 10.1. The molecule has 1 aliphatic heterocycles. The van der Waals surface area contributed by atoms with E-state index in [1.165, 1.54) is 0 Å². The zero-order valence-electron chi connectivity index (χ0n) is 12.0. The van der Waals surface area contributed by atoms with Crippen LogP contribution in [0.1, 0.15) is 19.6 Å². The van der Waals surface area contributed by atoms with Crippen LogP contribution in [0.5, 0.6) is 0 Å². The molecular weight excluding hydrogens is 338 g/mol. The molecule has 2 rings (SSSR count). The number of nitrogens with zero attached hydrogens (tertiary/aromatic N) is 1. The third-order valence-electron chi connectivity index (χ3n) is 3.14. The Morgan fingerprint density at radius 1 is 1.57 bits per heavy atom. The monoisotopic (exact) mass is 354 g/mol. The van der Waals surface area contributed by atoms with Crippen LogP contribution < -0.4 is 11.2 Å². The fourth-order valence-corrected chi connectivity index (χ4v) is 2.64. The summed E-state index contributed by atoms with van der Waals surface area (Å²) in [4.78, 5) is 42.3. The summed E-state index contributed by atoms with van der Waals surface area (Å²) in [5.74, 6) is -1.75. The molecule has 0 bridgehead atoms. The Kier molecular flexibility index (Phi) is 5.19. The minimum Gasteiger partial charge on any atom is -0.348 e. The van der Waals surface area contributed by atoms with E-state index in [0.717, 1.165) is 16.8 Å². The number of aromatic nitrogens is 2. The number of ether oxygens (including phenoxy) is 2. The Morgan fingerprint density at radius 3 is 2.83 bits per heavy atom. The Morgan fingerprint density at radius 2 is 2.26 bits per heavy atom. The van der Waals surface area contributed by atoms with Crippen LogP contribution in [0, 0.1) is 0 Å². The maximum Gasteiger partial charge on any atom is 0.469 e. The van der Waals surface area contributed by atoms with E-state index in [1.54, 1.807) is 6.92 Å². The molecule has 1 saturated heterocycles. The molecule has 1 aromatic rings. The summed E-state index contributed by atoms with van der Waals surface area (Å²) in [5, 5.41) is 0. The summed E-state index contributed by atoms with van der Waals surface area (Å²) in [6, 6.07) is 1.02. The van der Waals surface area contributed by atoms with Gasteiger partial charge in [-0.25, -0.2) is 13.8 Å². The van der Waals surface area contributed by atoms with E-state index < -0.39 is 50.3 Å². The number of hydrogen-bond acceptors (Lipinski definition) is 6. The van der Waals surface area contributed by atoms with Gasteiger partial charge in [0.15, 0.2) is 18.2 Å². The molecule has 1 aliphatic rings. The molecule has 12 heteroatoms. The second kappa shape index (κ2) is 6.63. The van der Waals surface area contributed by atoms with Crippen molar-refractivity contribution in [2.45, 2.75) is 31.5 Å². The highest BCUT2D eigenvalue weighted by atomic mass is 31.2. The number of rotatable bonds is 6. The average molecular weight is 354 g/mol. The summed E-state index contributed by atoms with van der Waals surface area (Å²) in [6.07, 6.45) is -2.49. The SMILES string of the molecule is CCOC1(COP(=O)(O)O)CC(F)C(n2ccc(=O)[nH]c2=O)O1. The molecule has 3 unspecified atom stereocenters. The number of alkyl halides is 1. The molecule has 0 aliphatic carbocycles. The Balaban J connectivity index is 2.26. The molecule has 1 aromatic heterocycles. The Labute approximate surface area is 129 Å². The van der Waals surface area contributed by atoms with E-state index in [4.69, 9.17) is 19.3 Å². The number of aromatic amines is 1. The predicted octanol–water partition coefficient (Wildman–Crippen LogP) is -0.364. The first-order valence-corrected chi connectivity index (χ1v) is 8.16. The van der Waals surface area contributed by atoms with Crippen molar-refractivity contribution in [2.24, 2.45) is 0 Å². The molecule has 3 N–H and O–H groups in total. The predicted molar refractivity (Wildman–Crippen MR) is 73.3 cm³/mol. The lowest BCUT2D eigenvalue weighted by Gasteiger charge is -2.28. The van der Waals surface area contributed by atoms with Gasteiger partial charge in [0, 0.05) is 25.3 Å². The van der Waals surface area contributed by atoms with Gasteiger partial charge in [0.2, 0.25) is 0 Å². The molecule has 0 radical (unpaired) electrons. The van der Waals surface area contributed by atoms with Crippen molar-refractivity contribution >= 4 is 7.82 Å². The smallest absolute Gasteiger partial charge is 0.348 e. The van der Waals surface area contributed by atoms with Gasteiger partial charge in [0.1, 0.15) is 6.61 Å². The summed E-state index contributed by atoms with van der Waals surface area (Å²) in [7, 11) is -4.81. The second-order valence-electron chi connectivity index (χ2n) is 4.85. The molecule has 23 heavy (non-hydrogen) atoms. The molecule has 10 nitrogen and oxygen atoms in total. The van der Waals surface area contributed by atoms with E-state index in [-0.39, 0.29) is 6.61 Å². The van der Waals surface area contributed by atoms with Gasteiger partial charge in [-0.1, -0.05) is 0 Å². The van der Waals surface area contributed by atoms with Crippen molar-refractivity contribution in [3.8, 4) is 0 Å². The van der Waals surface area contributed by atoms with Crippen LogP contribution in [0.25, 0.3) is 0 Å². The molecule has 0 aromatic carbocycles. The molecular formula is C11H16FN2O8P. The number of nitrogens with one attached hydrogen (secondary N) is 1. The van der Waals surface area contributed by atoms with Crippen LogP contribution in [-0.2, 0) is 18.6 Å². The minimum absolute atomic E-state index is 0.0600. The largest absolute Gasteiger partial charge is 0.469 e. The number of phosphoric acid groups is 1. The van der Waals surface area contributed by atoms with Gasteiger partial charge in [-0.3, -0.25) is 18.9 Å². The van der Waals surface area contributed by atoms with Gasteiger partial charge >= 0.3 is 13.5 Å². The number of phosphoric ester groups is 1. The summed E-state index contributed by atoms with van der Waals surface area (Å²) in [6.45, 7) is 0.917. The molecule has 0 spiro atoms. The first kappa shape index (κ1) is 18.0. The summed E-state index contributed by atoms with van der Waals surface area (Å²) in [5.41, 5.74) is -1.53. The first-order valence-electron chi connectivity index (χ1n) is 6.63. The number of halogens is 1. The van der Waals surface area contributed by atoms with Gasteiger partial charge in [0.05, 0.1) is 0 Å². The highest BCUT2D eigenvalue weighted by Crippen LogP contribution is 2.43. The number of H-pyrrole nitrogens is 1. The van der Waals surface area contributed by atoms with Crippen molar-refractivity contribution in [1.29, 1.82) is 0 Å². The topological polar surface area (TPSA) is 140 Å². The Bertz CT molecular complexity index is 714. The van der Waals surface area contributed by atoms with Crippen LogP contribution >= 0.6 is 7.82 Å². The maximum absolute atomic E-state index is 14.3. The fraction of sp³-hybridized carbons (Fsp3) is 0.636. The van der Waals surface area contributed by atoms with E-state index in [0.29, 0.717) is 0 Å². The highest BCUT2D eigenvalue weighted by Gasteiger charge is 2.50. The van der Waals surface area contributed by atoms with Crippen LogP contribution in [0.2, 0.25) is 0 Å². The lowest BCUT2D eigenvalue weighted by Crippen LogP contribution is -2.39. The van der Waals surface area contributed by atoms with Crippen molar-refractivity contribution < 1.29 is 32.7 Å². The van der Waals surface area contributed by atoms with Gasteiger partial charge < -0.3 is 19.3 Å². The quantitative estimate of drug-likeness (QED) is 0.588. The highest BCUT2D eigenvalue weighted by molar-refractivity contribution is 7.46. The number of hydrogen-bond donors (Lipinski definition) is 3. The standard InChI is InChI=1S/C11H16FN2O8P/c1-2-20-11(6-21-23(17,18)19)5-7(12)9(22-11)14-4-3-8(15)13-10(14)16/h3-4,7,9H,2,5-6H2,1H3,(H,13,15,16)(H2,17,18,19). The zero-order chi connectivity index (χ0) is 17.3. The normalized spacial score (nSPS) is 28.2. The van der Waals surface area contributed by atoms with Gasteiger partial charge in [-0.15, -0.1) is 0 Å². The molecule has 3 atom stereocenters. The minimum atomic E-state index is -4.81. The van der Waals surface area contributed by atoms with Gasteiger partial charge in [-0.2, -0.15) is 0 Å². The van der Waals surface area contributed by atoms with Crippen LogP contribution in [-0.4, -0.2) is 44.5 Å². The zero-order valence-corrected chi connectivity index (χ0v) is 12.9. The second-order valence-corrected chi connectivity index (χ2v) is 6.09. The van der Waals surface area contributed by atoms with Crippen LogP contribution in [0.4, 0.5) is 4.39 Å². The molecule has 2 heterocycles. The van der Waals surface area contributed by atoms with Gasteiger partial charge in [-0.05, 0) is 6.92 Å². The third kappa shape index (κ3) is 4.34. The lowest BCUT2D eigenvalue weighted by molar-refractivity contribution is -0.252. The molecule has 0 saturated carbocycles. The van der Waals surface area contributed by atoms with Crippen LogP contribution in [0.15, 0.2) is 21.9 Å². The third-order valence-corrected chi connectivity index (χ3v) is 3.60. The van der Waals surface area contributed by atoms with E-state index >= 15 is 0 Å². The van der Waals surface area contributed by atoms with Crippen LogP contribution in [0.3, 0.4) is 0 Å². The fourth-order valence-electron chi connectivity index (χ4n) is 2.27. The van der Waals surface area contributed by atoms with E-state index in [9.17, 15) is 18.5 Å². The van der Waals surface area contributed by atoms with Gasteiger partial charge in [0.25, 0.3) is 5.56 Å². The van der Waals surface area contributed by atoms with Crippen molar-refractivity contribution in [1.82, 2.24) is 9.55 Å². The van der Waals surface area contributed by atoms with Crippen molar-refractivity contribution in [2.75, 3.05) is 13.2 Å². The Hall–Kier alpha value is -1.36. The average Bonchev–Trinajstić information content (AvgIpc) is 2.74. The molecule has 1 fully saturated rings. The summed E-state index contributed by atoms with van der Waals surface area (Å²) >= 11 is 0. The molecule has 0 amide bonds. The first-order chi connectivity index (χ1) is 10.7.